The minimum Gasteiger partial charge on any atom is -0.330 e. The summed E-state index contributed by atoms with van der Waals surface area (Å²) in [5.74, 6) is 2.67. The Hall–Kier alpha value is -0.860. The molecule has 2 fully saturated rings. The second-order valence-corrected chi connectivity index (χ2v) is 5.41. The third-order valence-electron chi connectivity index (χ3n) is 4.25. The van der Waals surface area contributed by atoms with Gasteiger partial charge in [0.25, 0.3) is 0 Å². The van der Waals surface area contributed by atoms with Gasteiger partial charge in [-0.25, -0.2) is 0 Å². The van der Waals surface area contributed by atoms with Crippen LogP contribution >= 0.6 is 0 Å². The summed E-state index contributed by atoms with van der Waals surface area (Å²) in [4.78, 5) is 2.58. The average Bonchev–Trinajstić information content (AvgIpc) is 2.76. The van der Waals surface area contributed by atoms with Crippen LogP contribution in [0, 0.1) is 24.7 Å². The van der Waals surface area contributed by atoms with Gasteiger partial charge in [0.2, 0.25) is 0 Å². The van der Waals surface area contributed by atoms with Gasteiger partial charge in [0.05, 0.1) is 0 Å². The van der Waals surface area contributed by atoms with Crippen LogP contribution in [0.1, 0.15) is 11.1 Å². The lowest BCUT2D eigenvalue weighted by Gasteiger charge is -2.19. The van der Waals surface area contributed by atoms with Crippen LogP contribution in [0.2, 0.25) is 0 Å². The maximum absolute atomic E-state index is 5.72. The van der Waals surface area contributed by atoms with E-state index >= 15 is 0 Å². The normalized spacial score (nSPS) is 32.8. The fraction of sp³-hybridized carbons (Fsp3) is 0.571. The van der Waals surface area contributed by atoms with Crippen LogP contribution in [0.15, 0.2) is 24.3 Å². The number of piperidine rings is 1. The van der Waals surface area contributed by atoms with Crippen molar-refractivity contribution >= 4 is 0 Å². The van der Waals surface area contributed by atoms with Gasteiger partial charge >= 0.3 is 0 Å². The van der Waals surface area contributed by atoms with Gasteiger partial charge < -0.3 is 5.73 Å². The standard InChI is InChI=1S/C14H20N2/c1-10-2-4-11(5-3-10)7-16-8-13-12(6-15)14(13)9-16/h2-5,12-14H,6-9,15H2,1H3/t12?,13-,14+. The highest BCUT2D eigenvalue weighted by Crippen LogP contribution is 2.51. The Balaban J connectivity index is 1.56. The molecule has 16 heavy (non-hydrogen) atoms. The fourth-order valence-corrected chi connectivity index (χ4v) is 3.17. The first kappa shape index (κ1) is 10.3. The third kappa shape index (κ3) is 1.76. The minimum atomic E-state index is 0.842. The Morgan fingerprint density at radius 1 is 1.19 bits per heavy atom. The second kappa shape index (κ2) is 3.86. The number of likely N-dealkylation sites (tertiary alicyclic amines) is 1. The molecular formula is C14H20N2. The molecule has 0 radical (unpaired) electrons. The highest BCUT2D eigenvalue weighted by molar-refractivity contribution is 5.21. The molecule has 3 rings (SSSR count). The van der Waals surface area contributed by atoms with Gasteiger partial charge in [0.15, 0.2) is 0 Å². The number of fused-ring (bicyclic) bond motifs is 1. The lowest BCUT2D eigenvalue weighted by atomic mass is 10.1. The highest BCUT2D eigenvalue weighted by atomic mass is 15.2. The van der Waals surface area contributed by atoms with Crippen molar-refractivity contribution < 1.29 is 0 Å². The number of nitrogens with zero attached hydrogens (tertiary/aromatic N) is 1. The molecule has 1 unspecified atom stereocenters. The molecule has 0 spiro atoms. The molecule has 1 saturated heterocycles. The van der Waals surface area contributed by atoms with E-state index in [1.54, 1.807) is 0 Å². The Morgan fingerprint density at radius 3 is 2.38 bits per heavy atom. The van der Waals surface area contributed by atoms with Crippen LogP contribution in [0.4, 0.5) is 0 Å². The number of benzene rings is 1. The Kier molecular flexibility index (Phi) is 2.49. The van der Waals surface area contributed by atoms with Gasteiger partial charge in [0, 0.05) is 19.6 Å². The molecule has 2 nitrogen and oxygen atoms in total. The first-order valence-electron chi connectivity index (χ1n) is 6.26. The van der Waals surface area contributed by atoms with Gasteiger partial charge in [-0.1, -0.05) is 29.8 Å². The number of aryl methyl sites for hydroxylation is 1. The van der Waals surface area contributed by atoms with E-state index in [0.717, 1.165) is 30.8 Å². The summed E-state index contributed by atoms with van der Waals surface area (Å²) in [5.41, 5.74) is 8.50. The summed E-state index contributed by atoms with van der Waals surface area (Å²) >= 11 is 0. The highest BCUT2D eigenvalue weighted by Gasteiger charge is 2.54. The maximum atomic E-state index is 5.72. The molecular weight excluding hydrogens is 196 g/mol. The van der Waals surface area contributed by atoms with Gasteiger partial charge in [-0.15, -0.1) is 0 Å². The van der Waals surface area contributed by atoms with E-state index in [1.807, 2.05) is 0 Å². The van der Waals surface area contributed by atoms with E-state index in [2.05, 4.69) is 36.1 Å². The molecule has 86 valence electrons. The van der Waals surface area contributed by atoms with Gasteiger partial charge in [-0.05, 0) is 36.8 Å². The first-order chi connectivity index (χ1) is 7.78. The molecule has 1 saturated carbocycles. The molecule has 3 atom stereocenters. The lowest BCUT2D eigenvalue weighted by molar-refractivity contribution is 0.279. The van der Waals surface area contributed by atoms with Crippen molar-refractivity contribution in [2.45, 2.75) is 13.5 Å². The van der Waals surface area contributed by atoms with Crippen molar-refractivity contribution in [3.63, 3.8) is 0 Å². The number of rotatable bonds is 3. The van der Waals surface area contributed by atoms with E-state index in [4.69, 9.17) is 5.73 Å². The second-order valence-electron chi connectivity index (χ2n) is 5.41. The van der Waals surface area contributed by atoms with E-state index in [-0.39, 0.29) is 0 Å². The molecule has 1 aromatic rings. The molecule has 1 aliphatic carbocycles. The van der Waals surface area contributed by atoms with Gasteiger partial charge in [-0.3, -0.25) is 4.90 Å². The number of hydrogen-bond donors (Lipinski definition) is 1. The molecule has 1 heterocycles. The van der Waals surface area contributed by atoms with Crippen LogP contribution in [0.3, 0.4) is 0 Å². The largest absolute Gasteiger partial charge is 0.330 e. The molecule has 0 aromatic heterocycles. The molecule has 2 N–H and O–H groups in total. The third-order valence-corrected chi connectivity index (χ3v) is 4.25. The number of hydrogen-bond acceptors (Lipinski definition) is 2. The summed E-state index contributed by atoms with van der Waals surface area (Å²) in [5, 5.41) is 0. The summed E-state index contributed by atoms with van der Waals surface area (Å²) in [6.45, 7) is 6.68. The van der Waals surface area contributed by atoms with Crippen LogP contribution in [-0.4, -0.2) is 24.5 Å². The molecule has 2 heteroatoms. The van der Waals surface area contributed by atoms with Gasteiger partial charge in [-0.2, -0.15) is 0 Å². The summed E-state index contributed by atoms with van der Waals surface area (Å²) < 4.78 is 0. The zero-order valence-corrected chi connectivity index (χ0v) is 9.89. The van der Waals surface area contributed by atoms with Crippen molar-refractivity contribution in [3.05, 3.63) is 35.4 Å². The van der Waals surface area contributed by atoms with Crippen LogP contribution < -0.4 is 5.73 Å². The van der Waals surface area contributed by atoms with Crippen molar-refractivity contribution in [2.24, 2.45) is 23.5 Å². The zero-order valence-electron chi connectivity index (χ0n) is 9.89. The van der Waals surface area contributed by atoms with E-state index < -0.39 is 0 Å². The van der Waals surface area contributed by atoms with Crippen molar-refractivity contribution in [3.8, 4) is 0 Å². The first-order valence-corrected chi connectivity index (χ1v) is 6.26. The Labute approximate surface area is 97.4 Å². The molecule has 0 amide bonds. The van der Waals surface area contributed by atoms with Gasteiger partial charge in [0.1, 0.15) is 0 Å². The summed E-state index contributed by atoms with van der Waals surface area (Å²) in [6.07, 6.45) is 0. The van der Waals surface area contributed by atoms with Crippen LogP contribution in [-0.2, 0) is 6.54 Å². The molecule has 1 aliphatic heterocycles. The van der Waals surface area contributed by atoms with E-state index in [1.165, 1.54) is 24.2 Å². The summed E-state index contributed by atoms with van der Waals surface area (Å²) in [7, 11) is 0. The summed E-state index contributed by atoms with van der Waals surface area (Å²) in [6, 6.07) is 8.91. The van der Waals surface area contributed by atoms with E-state index in [9.17, 15) is 0 Å². The number of nitrogens with two attached hydrogens (primary N) is 1. The molecule has 1 aromatic carbocycles. The maximum Gasteiger partial charge on any atom is 0.0233 e. The van der Waals surface area contributed by atoms with Crippen molar-refractivity contribution in [2.75, 3.05) is 19.6 Å². The fourth-order valence-electron chi connectivity index (χ4n) is 3.17. The quantitative estimate of drug-likeness (QED) is 0.832. The smallest absolute Gasteiger partial charge is 0.0233 e. The zero-order chi connectivity index (χ0) is 11.1. The molecule has 2 aliphatic rings. The van der Waals surface area contributed by atoms with Crippen molar-refractivity contribution in [1.82, 2.24) is 4.90 Å². The minimum absolute atomic E-state index is 0.842. The van der Waals surface area contributed by atoms with Crippen LogP contribution in [0.25, 0.3) is 0 Å². The molecule has 0 bridgehead atoms. The lowest BCUT2D eigenvalue weighted by Crippen LogP contribution is -2.25. The Morgan fingerprint density at radius 2 is 1.81 bits per heavy atom. The van der Waals surface area contributed by atoms with E-state index in [0.29, 0.717) is 0 Å². The Bertz CT molecular complexity index is 359. The topological polar surface area (TPSA) is 29.3 Å². The monoisotopic (exact) mass is 216 g/mol. The average molecular weight is 216 g/mol. The predicted molar refractivity (Wildman–Crippen MR) is 66.0 cm³/mol. The van der Waals surface area contributed by atoms with Crippen molar-refractivity contribution in [1.29, 1.82) is 0 Å². The predicted octanol–water partition coefficient (Wildman–Crippen LogP) is 1.63. The SMILES string of the molecule is Cc1ccc(CN2C[C@@H]3C(CN)[C@@H]3C2)cc1. The van der Waals surface area contributed by atoms with Crippen LogP contribution in [0.5, 0.6) is 0 Å².